The SMILES string of the molecule is O=C1CSc2ccc(C(=O)N3C[C@@H](C(=O)O)c4ccccc43)cc2N1. The Morgan fingerprint density at radius 2 is 2.00 bits per heavy atom. The number of benzene rings is 2. The zero-order chi connectivity index (χ0) is 17.6. The maximum absolute atomic E-state index is 13.0. The molecule has 7 heteroatoms. The number of nitrogens with zero attached hydrogens (tertiary/aromatic N) is 1. The van der Waals surface area contributed by atoms with E-state index >= 15 is 0 Å². The molecule has 0 saturated heterocycles. The molecular weight excluding hydrogens is 340 g/mol. The number of rotatable bonds is 2. The summed E-state index contributed by atoms with van der Waals surface area (Å²) in [4.78, 5) is 38.4. The van der Waals surface area contributed by atoms with Gasteiger partial charge in [0, 0.05) is 22.7 Å². The molecule has 0 aliphatic carbocycles. The van der Waals surface area contributed by atoms with Gasteiger partial charge in [-0.2, -0.15) is 0 Å². The summed E-state index contributed by atoms with van der Waals surface area (Å²) in [5.74, 6) is -1.69. The van der Waals surface area contributed by atoms with E-state index in [1.54, 1.807) is 36.4 Å². The van der Waals surface area contributed by atoms with Crippen molar-refractivity contribution in [2.45, 2.75) is 10.8 Å². The van der Waals surface area contributed by atoms with Crippen molar-refractivity contribution in [1.29, 1.82) is 0 Å². The second-order valence-electron chi connectivity index (χ2n) is 5.91. The third-order valence-corrected chi connectivity index (χ3v) is 5.44. The Bertz CT molecular complexity index is 912. The number of carbonyl (C=O) groups is 3. The van der Waals surface area contributed by atoms with Crippen LogP contribution in [0.25, 0.3) is 0 Å². The van der Waals surface area contributed by atoms with E-state index in [1.807, 2.05) is 6.07 Å². The molecule has 2 aliphatic heterocycles. The molecule has 6 nitrogen and oxygen atoms in total. The first-order valence-corrected chi connectivity index (χ1v) is 8.73. The van der Waals surface area contributed by atoms with Gasteiger partial charge in [0.2, 0.25) is 5.91 Å². The van der Waals surface area contributed by atoms with E-state index in [1.165, 1.54) is 16.7 Å². The lowest BCUT2D eigenvalue weighted by molar-refractivity contribution is -0.138. The van der Waals surface area contributed by atoms with Gasteiger partial charge in [0.15, 0.2) is 0 Å². The molecule has 0 aromatic heterocycles. The van der Waals surface area contributed by atoms with Crippen LogP contribution in [0.5, 0.6) is 0 Å². The van der Waals surface area contributed by atoms with Gasteiger partial charge in [0.25, 0.3) is 5.91 Å². The molecule has 0 radical (unpaired) electrons. The number of thioether (sulfide) groups is 1. The molecule has 2 aliphatic rings. The largest absolute Gasteiger partial charge is 0.481 e. The van der Waals surface area contributed by atoms with Gasteiger partial charge in [-0.25, -0.2) is 0 Å². The molecule has 2 heterocycles. The Balaban J connectivity index is 1.69. The number of nitrogens with one attached hydrogen (secondary N) is 1. The highest BCUT2D eigenvalue weighted by Crippen LogP contribution is 2.38. The fourth-order valence-corrected chi connectivity index (χ4v) is 3.97. The predicted octanol–water partition coefficient (Wildman–Crippen LogP) is 2.56. The van der Waals surface area contributed by atoms with Gasteiger partial charge in [0.05, 0.1) is 11.4 Å². The fourth-order valence-electron chi connectivity index (χ4n) is 3.18. The van der Waals surface area contributed by atoms with Crippen LogP contribution in [0.4, 0.5) is 11.4 Å². The summed E-state index contributed by atoms with van der Waals surface area (Å²) in [6, 6.07) is 12.2. The lowest BCUT2D eigenvalue weighted by Gasteiger charge is -2.20. The van der Waals surface area contributed by atoms with E-state index in [0.29, 0.717) is 28.3 Å². The first-order chi connectivity index (χ1) is 12.0. The number of carbonyl (C=O) groups excluding carboxylic acids is 2. The van der Waals surface area contributed by atoms with Crippen molar-refractivity contribution in [3.63, 3.8) is 0 Å². The first kappa shape index (κ1) is 15.7. The van der Waals surface area contributed by atoms with Crippen LogP contribution < -0.4 is 10.2 Å². The molecule has 0 bridgehead atoms. The van der Waals surface area contributed by atoms with Crippen LogP contribution in [0.15, 0.2) is 47.4 Å². The van der Waals surface area contributed by atoms with Crippen LogP contribution in [0.1, 0.15) is 21.8 Å². The summed E-state index contributed by atoms with van der Waals surface area (Å²) in [5.41, 5.74) is 2.30. The predicted molar refractivity (Wildman–Crippen MR) is 94.3 cm³/mol. The van der Waals surface area contributed by atoms with Crippen LogP contribution in [0, 0.1) is 0 Å². The smallest absolute Gasteiger partial charge is 0.312 e. The Labute approximate surface area is 147 Å². The molecule has 126 valence electrons. The number of fused-ring (bicyclic) bond motifs is 2. The Morgan fingerprint density at radius 3 is 2.80 bits per heavy atom. The summed E-state index contributed by atoms with van der Waals surface area (Å²) >= 11 is 1.43. The van der Waals surface area contributed by atoms with Crippen molar-refractivity contribution in [2.75, 3.05) is 22.5 Å². The average molecular weight is 354 g/mol. The Hall–Kier alpha value is -2.80. The maximum Gasteiger partial charge on any atom is 0.312 e. The molecule has 2 amide bonds. The first-order valence-electron chi connectivity index (χ1n) is 7.75. The van der Waals surface area contributed by atoms with Gasteiger partial charge in [-0.1, -0.05) is 18.2 Å². The number of para-hydroxylation sites is 1. The molecule has 25 heavy (non-hydrogen) atoms. The highest BCUT2D eigenvalue weighted by atomic mass is 32.2. The van der Waals surface area contributed by atoms with Gasteiger partial charge in [-0.05, 0) is 29.8 Å². The van der Waals surface area contributed by atoms with Gasteiger partial charge in [-0.15, -0.1) is 11.8 Å². The minimum atomic E-state index is -0.947. The van der Waals surface area contributed by atoms with E-state index in [9.17, 15) is 19.5 Å². The molecule has 0 spiro atoms. The zero-order valence-electron chi connectivity index (χ0n) is 13.1. The topological polar surface area (TPSA) is 86.7 Å². The number of anilines is 2. The normalized spacial score (nSPS) is 18.3. The van der Waals surface area contributed by atoms with Crippen LogP contribution in [0.3, 0.4) is 0 Å². The molecule has 0 fully saturated rings. The number of carboxylic acids is 1. The van der Waals surface area contributed by atoms with E-state index in [0.717, 1.165) is 4.90 Å². The number of hydrogen-bond acceptors (Lipinski definition) is 4. The zero-order valence-corrected chi connectivity index (χ0v) is 13.9. The van der Waals surface area contributed by atoms with Crippen molar-refractivity contribution in [3.05, 3.63) is 53.6 Å². The van der Waals surface area contributed by atoms with E-state index < -0.39 is 11.9 Å². The minimum absolute atomic E-state index is 0.0976. The lowest BCUT2D eigenvalue weighted by Crippen LogP contribution is -2.31. The summed E-state index contributed by atoms with van der Waals surface area (Å²) < 4.78 is 0. The van der Waals surface area contributed by atoms with E-state index in [2.05, 4.69) is 5.32 Å². The van der Waals surface area contributed by atoms with Crippen LogP contribution in [0.2, 0.25) is 0 Å². The molecule has 1 atom stereocenters. The monoisotopic (exact) mass is 354 g/mol. The summed E-state index contributed by atoms with van der Waals surface area (Å²) in [5, 5.41) is 12.2. The average Bonchev–Trinajstić information content (AvgIpc) is 3.00. The van der Waals surface area contributed by atoms with Gasteiger partial charge >= 0.3 is 5.97 Å². The maximum atomic E-state index is 13.0. The number of aliphatic carboxylic acids is 1. The van der Waals surface area contributed by atoms with Crippen LogP contribution in [-0.2, 0) is 9.59 Å². The summed E-state index contributed by atoms with van der Waals surface area (Å²) in [6.07, 6.45) is 0. The minimum Gasteiger partial charge on any atom is -0.481 e. The van der Waals surface area contributed by atoms with Crippen LogP contribution in [-0.4, -0.2) is 35.2 Å². The third kappa shape index (κ3) is 2.66. The van der Waals surface area contributed by atoms with E-state index in [-0.39, 0.29) is 18.4 Å². The highest BCUT2D eigenvalue weighted by molar-refractivity contribution is 8.00. The van der Waals surface area contributed by atoms with Crippen molar-refractivity contribution in [2.24, 2.45) is 0 Å². The summed E-state index contributed by atoms with van der Waals surface area (Å²) in [7, 11) is 0. The Kier molecular flexibility index (Phi) is 3.73. The van der Waals surface area contributed by atoms with Crippen molar-refractivity contribution in [3.8, 4) is 0 Å². The van der Waals surface area contributed by atoms with E-state index in [4.69, 9.17) is 0 Å². The number of amides is 2. The molecule has 0 unspecified atom stereocenters. The molecule has 4 rings (SSSR count). The second kappa shape index (κ2) is 5.93. The molecule has 2 N–H and O–H groups in total. The van der Waals surface area contributed by atoms with Crippen molar-refractivity contribution < 1.29 is 19.5 Å². The molecule has 0 saturated carbocycles. The van der Waals surface area contributed by atoms with Gasteiger partial charge < -0.3 is 15.3 Å². The standard InChI is InChI=1S/C18H14N2O4S/c21-16-9-25-15-6-5-10(7-13(15)19-16)17(22)20-8-12(18(23)24)11-3-1-2-4-14(11)20/h1-7,12H,8-9H2,(H,19,21)(H,23,24)/t12-/m1/s1. The molecule has 2 aromatic rings. The second-order valence-corrected chi connectivity index (χ2v) is 6.93. The van der Waals surface area contributed by atoms with Crippen molar-refractivity contribution >= 4 is 40.9 Å². The molecule has 2 aromatic carbocycles. The third-order valence-electron chi connectivity index (χ3n) is 4.37. The number of hydrogen-bond donors (Lipinski definition) is 2. The van der Waals surface area contributed by atoms with Gasteiger partial charge in [-0.3, -0.25) is 14.4 Å². The summed E-state index contributed by atoms with van der Waals surface area (Å²) in [6.45, 7) is 0.103. The Morgan fingerprint density at radius 1 is 1.20 bits per heavy atom. The van der Waals surface area contributed by atoms with Crippen LogP contribution >= 0.6 is 11.8 Å². The fraction of sp³-hybridized carbons (Fsp3) is 0.167. The number of carboxylic acid groups (broad SMARTS) is 1. The quantitative estimate of drug-likeness (QED) is 0.866. The molecular formula is C18H14N2O4S. The van der Waals surface area contributed by atoms with Gasteiger partial charge in [0.1, 0.15) is 5.92 Å². The van der Waals surface area contributed by atoms with Crippen molar-refractivity contribution in [1.82, 2.24) is 0 Å². The highest BCUT2D eigenvalue weighted by Gasteiger charge is 2.36. The lowest BCUT2D eigenvalue weighted by atomic mass is 10.0.